The van der Waals surface area contributed by atoms with Crippen LogP contribution in [0.5, 0.6) is 0 Å². The van der Waals surface area contributed by atoms with E-state index in [0.29, 0.717) is 5.69 Å². The number of pyridine rings is 1. The fourth-order valence-electron chi connectivity index (χ4n) is 2.56. The van der Waals surface area contributed by atoms with Crippen LogP contribution in [-0.2, 0) is 9.53 Å². The number of hydrogen-bond acceptors (Lipinski definition) is 4. The molecule has 6 nitrogen and oxygen atoms in total. The van der Waals surface area contributed by atoms with E-state index in [9.17, 15) is 14.4 Å². The Morgan fingerprint density at radius 1 is 0.963 bits per heavy atom. The molecule has 0 unspecified atom stereocenters. The molecule has 0 aliphatic heterocycles. The van der Waals surface area contributed by atoms with Crippen LogP contribution >= 0.6 is 0 Å². The Morgan fingerprint density at radius 2 is 1.67 bits per heavy atom. The van der Waals surface area contributed by atoms with E-state index in [0.717, 1.165) is 11.1 Å². The highest BCUT2D eigenvalue weighted by molar-refractivity contribution is 5.99. The molecule has 136 valence electrons. The average molecular weight is 362 g/mol. The molecule has 0 spiro atoms. The number of benzene rings is 2. The van der Waals surface area contributed by atoms with Crippen molar-refractivity contribution < 1.29 is 14.3 Å². The van der Waals surface area contributed by atoms with Gasteiger partial charge in [0.25, 0.3) is 11.5 Å². The Balaban J connectivity index is 1.73. The van der Waals surface area contributed by atoms with Gasteiger partial charge in [0.2, 0.25) is 0 Å². The number of aromatic nitrogens is 1. The summed E-state index contributed by atoms with van der Waals surface area (Å²) in [5.41, 5.74) is 1.69. The zero-order valence-electron chi connectivity index (χ0n) is 14.6. The summed E-state index contributed by atoms with van der Waals surface area (Å²) in [6.45, 7) is 1.45. The number of carbonyl (C=O) groups is 2. The number of para-hydroxylation sites is 1. The first kappa shape index (κ1) is 18.1. The molecule has 27 heavy (non-hydrogen) atoms. The minimum Gasteiger partial charge on any atom is -0.449 e. The van der Waals surface area contributed by atoms with Crippen molar-refractivity contribution in [2.45, 2.75) is 13.0 Å². The van der Waals surface area contributed by atoms with Crippen LogP contribution in [0.3, 0.4) is 0 Å². The monoisotopic (exact) mass is 362 g/mol. The van der Waals surface area contributed by atoms with E-state index in [2.05, 4.69) is 10.3 Å². The highest BCUT2D eigenvalue weighted by Crippen LogP contribution is 2.27. The first-order valence-corrected chi connectivity index (χ1v) is 8.40. The molecule has 3 aromatic rings. The number of rotatable bonds is 5. The molecule has 0 fully saturated rings. The molecule has 0 radical (unpaired) electrons. The van der Waals surface area contributed by atoms with E-state index in [-0.39, 0.29) is 5.56 Å². The van der Waals surface area contributed by atoms with Gasteiger partial charge >= 0.3 is 5.97 Å². The lowest BCUT2D eigenvalue weighted by Gasteiger charge is -2.15. The number of amides is 1. The molecular formula is C21H18N2O4. The Labute approximate surface area is 155 Å². The lowest BCUT2D eigenvalue weighted by atomic mass is 10.0. The lowest BCUT2D eigenvalue weighted by Crippen LogP contribution is -2.31. The van der Waals surface area contributed by atoms with E-state index in [1.54, 1.807) is 6.07 Å². The molecule has 2 aromatic carbocycles. The summed E-state index contributed by atoms with van der Waals surface area (Å²) in [6, 6.07) is 19.8. The summed E-state index contributed by atoms with van der Waals surface area (Å²) >= 11 is 0. The fraction of sp³-hybridized carbons (Fsp3) is 0.0952. The van der Waals surface area contributed by atoms with Crippen molar-refractivity contribution in [1.29, 1.82) is 0 Å². The van der Waals surface area contributed by atoms with Gasteiger partial charge in [0.1, 0.15) is 5.56 Å². The summed E-state index contributed by atoms with van der Waals surface area (Å²) in [4.78, 5) is 38.6. The van der Waals surface area contributed by atoms with E-state index >= 15 is 0 Å². The molecular weight excluding hydrogens is 344 g/mol. The van der Waals surface area contributed by atoms with Crippen molar-refractivity contribution in [3.8, 4) is 11.1 Å². The third kappa shape index (κ3) is 4.30. The van der Waals surface area contributed by atoms with Crippen LogP contribution in [-0.4, -0.2) is 23.0 Å². The standard InChI is InChI=1S/C21H18N2O4/c1-14(27-21(26)17-11-7-13-22-20(17)25)19(24)23-18-12-6-5-10-16(18)15-8-3-2-4-9-15/h2-14H,1H3,(H,22,25)(H,23,24)/t14-/m0/s1. The summed E-state index contributed by atoms with van der Waals surface area (Å²) in [6.07, 6.45) is 0.344. The Kier molecular flexibility index (Phi) is 5.47. The number of aromatic amines is 1. The molecule has 1 heterocycles. The molecule has 2 N–H and O–H groups in total. The Hall–Kier alpha value is -3.67. The maximum Gasteiger partial charge on any atom is 0.344 e. The van der Waals surface area contributed by atoms with Gasteiger partial charge in [-0.3, -0.25) is 9.59 Å². The van der Waals surface area contributed by atoms with E-state index in [1.807, 2.05) is 48.5 Å². The van der Waals surface area contributed by atoms with Crippen LogP contribution < -0.4 is 10.9 Å². The summed E-state index contributed by atoms with van der Waals surface area (Å²) in [7, 11) is 0. The van der Waals surface area contributed by atoms with Gasteiger partial charge in [0, 0.05) is 17.4 Å². The Bertz CT molecular complexity index is 1010. The minimum atomic E-state index is -1.07. The van der Waals surface area contributed by atoms with Gasteiger partial charge in [-0.15, -0.1) is 0 Å². The SMILES string of the molecule is C[C@H](OC(=O)c1ccc[nH]c1=O)C(=O)Nc1ccccc1-c1ccccc1. The van der Waals surface area contributed by atoms with Crippen molar-refractivity contribution in [3.63, 3.8) is 0 Å². The molecule has 3 rings (SSSR count). The summed E-state index contributed by atoms with van der Waals surface area (Å²) in [5, 5.41) is 2.78. The molecule has 6 heteroatoms. The van der Waals surface area contributed by atoms with Crippen LogP contribution in [0.4, 0.5) is 5.69 Å². The number of hydrogen-bond donors (Lipinski definition) is 2. The molecule has 0 saturated heterocycles. The molecule has 1 atom stereocenters. The highest BCUT2D eigenvalue weighted by Gasteiger charge is 2.21. The highest BCUT2D eigenvalue weighted by atomic mass is 16.5. The van der Waals surface area contributed by atoms with E-state index in [4.69, 9.17) is 4.74 Å². The third-order valence-electron chi connectivity index (χ3n) is 3.96. The quantitative estimate of drug-likeness (QED) is 0.682. The van der Waals surface area contributed by atoms with Gasteiger partial charge in [-0.2, -0.15) is 0 Å². The minimum absolute atomic E-state index is 0.151. The summed E-state index contributed by atoms with van der Waals surface area (Å²) in [5.74, 6) is -1.34. The van der Waals surface area contributed by atoms with Crippen LogP contribution in [0.1, 0.15) is 17.3 Å². The van der Waals surface area contributed by atoms with Crippen molar-refractivity contribution in [2.24, 2.45) is 0 Å². The summed E-state index contributed by atoms with van der Waals surface area (Å²) < 4.78 is 5.13. The van der Waals surface area contributed by atoms with Gasteiger partial charge in [-0.1, -0.05) is 48.5 Å². The molecule has 1 aromatic heterocycles. The number of carbonyl (C=O) groups excluding carboxylic acids is 2. The zero-order chi connectivity index (χ0) is 19.2. The zero-order valence-corrected chi connectivity index (χ0v) is 14.6. The Morgan fingerprint density at radius 3 is 2.41 bits per heavy atom. The fourth-order valence-corrected chi connectivity index (χ4v) is 2.56. The van der Waals surface area contributed by atoms with Gasteiger partial charge in [0.05, 0.1) is 0 Å². The average Bonchev–Trinajstić information content (AvgIpc) is 2.69. The number of ether oxygens (including phenoxy) is 1. The van der Waals surface area contributed by atoms with Gasteiger partial charge in [-0.25, -0.2) is 4.79 Å². The second-order valence-electron chi connectivity index (χ2n) is 5.86. The van der Waals surface area contributed by atoms with Crippen LogP contribution in [0.2, 0.25) is 0 Å². The predicted molar refractivity (Wildman–Crippen MR) is 102 cm³/mol. The third-order valence-corrected chi connectivity index (χ3v) is 3.96. The second kappa shape index (κ2) is 8.14. The topological polar surface area (TPSA) is 88.3 Å². The number of esters is 1. The molecule has 0 aliphatic rings. The second-order valence-corrected chi connectivity index (χ2v) is 5.86. The maximum absolute atomic E-state index is 12.5. The maximum atomic E-state index is 12.5. The number of nitrogens with one attached hydrogen (secondary N) is 2. The smallest absolute Gasteiger partial charge is 0.344 e. The number of anilines is 1. The molecule has 0 bridgehead atoms. The number of H-pyrrole nitrogens is 1. The molecule has 0 saturated carbocycles. The normalized spacial score (nSPS) is 11.4. The molecule has 0 aliphatic carbocycles. The largest absolute Gasteiger partial charge is 0.449 e. The first-order valence-electron chi connectivity index (χ1n) is 8.40. The van der Waals surface area contributed by atoms with Crippen molar-refractivity contribution in [3.05, 3.63) is 88.8 Å². The van der Waals surface area contributed by atoms with Gasteiger partial charge in [-0.05, 0) is 30.7 Å². The predicted octanol–water partition coefficient (Wildman–Crippen LogP) is 3.23. The van der Waals surface area contributed by atoms with E-state index < -0.39 is 23.5 Å². The van der Waals surface area contributed by atoms with Crippen molar-refractivity contribution in [1.82, 2.24) is 4.98 Å². The lowest BCUT2D eigenvalue weighted by molar-refractivity contribution is -0.123. The van der Waals surface area contributed by atoms with Gasteiger partial charge in [0.15, 0.2) is 6.10 Å². The van der Waals surface area contributed by atoms with Crippen LogP contribution in [0.25, 0.3) is 11.1 Å². The first-order chi connectivity index (χ1) is 13.1. The molecule has 1 amide bonds. The van der Waals surface area contributed by atoms with Gasteiger partial charge < -0.3 is 15.0 Å². The van der Waals surface area contributed by atoms with Crippen LogP contribution in [0.15, 0.2) is 77.7 Å². The van der Waals surface area contributed by atoms with Crippen molar-refractivity contribution in [2.75, 3.05) is 5.32 Å². The van der Waals surface area contributed by atoms with Crippen LogP contribution in [0, 0.1) is 0 Å². The van der Waals surface area contributed by atoms with E-state index in [1.165, 1.54) is 25.3 Å². The van der Waals surface area contributed by atoms with Crippen molar-refractivity contribution >= 4 is 17.6 Å².